The molecule has 0 unspecified atom stereocenters. The molecule has 0 amide bonds. The van der Waals surface area contributed by atoms with Gasteiger partial charge in [-0.3, -0.25) is 0 Å². The van der Waals surface area contributed by atoms with Crippen LogP contribution in [0.4, 0.5) is 0 Å². The lowest BCUT2D eigenvalue weighted by Gasteiger charge is -2.19. The molecule has 0 saturated carbocycles. The number of hydrogen-bond donors (Lipinski definition) is 1. The molecule has 16 heavy (non-hydrogen) atoms. The van der Waals surface area contributed by atoms with Crippen LogP contribution in [0, 0.1) is 0 Å². The third-order valence-corrected chi connectivity index (χ3v) is 2.84. The lowest BCUT2D eigenvalue weighted by atomic mass is 9.86. The molecule has 0 bridgehead atoms. The van der Waals surface area contributed by atoms with E-state index in [-0.39, 0.29) is 11.3 Å². The van der Waals surface area contributed by atoms with Gasteiger partial charge in [0, 0.05) is 5.39 Å². The van der Waals surface area contributed by atoms with E-state index in [2.05, 4.69) is 25.8 Å². The molecule has 1 aromatic carbocycles. The molecule has 0 saturated heterocycles. The molecule has 1 aromatic heterocycles. The van der Waals surface area contributed by atoms with Gasteiger partial charge in [0.1, 0.15) is 5.15 Å². The van der Waals surface area contributed by atoms with E-state index in [1.54, 1.807) is 6.07 Å². The number of aromatic nitrogens is 1. The van der Waals surface area contributed by atoms with Crippen molar-refractivity contribution >= 4 is 22.4 Å². The highest BCUT2D eigenvalue weighted by atomic mass is 35.5. The van der Waals surface area contributed by atoms with Crippen molar-refractivity contribution in [1.82, 2.24) is 4.98 Å². The van der Waals surface area contributed by atoms with Crippen molar-refractivity contribution in [3.05, 3.63) is 35.0 Å². The maximum Gasteiger partial charge on any atom is 0.220 e. The molecule has 3 heteroatoms. The van der Waals surface area contributed by atoms with Gasteiger partial charge in [0.2, 0.25) is 5.88 Å². The van der Waals surface area contributed by atoms with Gasteiger partial charge in [0.15, 0.2) is 0 Å². The largest absolute Gasteiger partial charge is 0.493 e. The first-order valence-corrected chi connectivity index (χ1v) is 5.55. The SMILES string of the molecule is CC(C)(C)c1ccc2c(O)nc(Cl)cc2c1. The topological polar surface area (TPSA) is 33.1 Å². The molecule has 0 aliphatic heterocycles. The van der Waals surface area contributed by atoms with Crippen molar-refractivity contribution in [2.24, 2.45) is 0 Å². The van der Waals surface area contributed by atoms with Gasteiger partial charge < -0.3 is 5.11 Å². The van der Waals surface area contributed by atoms with Crippen LogP contribution in [0.25, 0.3) is 10.8 Å². The first kappa shape index (κ1) is 11.2. The summed E-state index contributed by atoms with van der Waals surface area (Å²) in [5, 5.41) is 11.6. The van der Waals surface area contributed by atoms with E-state index in [1.807, 2.05) is 18.2 Å². The Labute approximate surface area is 99.9 Å². The second-order valence-corrected chi connectivity index (χ2v) is 5.34. The number of pyridine rings is 1. The molecular formula is C13H14ClNO. The van der Waals surface area contributed by atoms with Crippen LogP contribution in [0.2, 0.25) is 5.15 Å². The third-order valence-electron chi connectivity index (χ3n) is 2.65. The van der Waals surface area contributed by atoms with Gasteiger partial charge in [0.25, 0.3) is 0 Å². The van der Waals surface area contributed by atoms with Crippen LogP contribution < -0.4 is 0 Å². The van der Waals surface area contributed by atoms with Crippen molar-refractivity contribution in [2.75, 3.05) is 0 Å². The molecule has 84 valence electrons. The fourth-order valence-corrected chi connectivity index (χ4v) is 1.87. The Morgan fingerprint density at radius 1 is 1.19 bits per heavy atom. The van der Waals surface area contributed by atoms with E-state index in [4.69, 9.17) is 11.6 Å². The highest BCUT2D eigenvalue weighted by Gasteiger charge is 2.14. The fraction of sp³-hybridized carbons (Fsp3) is 0.308. The molecule has 0 fully saturated rings. The third kappa shape index (κ3) is 1.98. The average Bonchev–Trinajstić information content (AvgIpc) is 2.15. The molecule has 0 aliphatic carbocycles. The summed E-state index contributed by atoms with van der Waals surface area (Å²) in [6, 6.07) is 7.71. The minimum atomic E-state index is -0.0111. The Balaban J connectivity index is 2.71. The van der Waals surface area contributed by atoms with E-state index in [0.29, 0.717) is 5.15 Å². The minimum absolute atomic E-state index is 0.0111. The Bertz CT molecular complexity index is 543. The van der Waals surface area contributed by atoms with E-state index >= 15 is 0 Å². The zero-order valence-corrected chi connectivity index (χ0v) is 10.3. The first-order chi connectivity index (χ1) is 7.38. The van der Waals surface area contributed by atoms with Crippen molar-refractivity contribution in [3.63, 3.8) is 0 Å². The van der Waals surface area contributed by atoms with E-state index < -0.39 is 0 Å². The van der Waals surface area contributed by atoms with Gasteiger partial charge in [-0.15, -0.1) is 0 Å². The Kier molecular flexibility index (Phi) is 2.55. The molecule has 1 heterocycles. The minimum Gasteiger partial charge on any atom is -0.493 e. The average molecular weight is 236 g/mol. The predicted octanol–water partition coefficient (Wildman–Crippen LogP) is 3.89. The summed E-state index contributed by atoms with van der Waals surface area (Å²) in [4.78, 5) is 3.81. The van der Waals surface area contributed by atoms with Gasteiger partial charge in [-0.2, -0.15) is 0 Å². The fourth-order valence-electron chi connectivity index (χ4n) is 1.67. The molecule has 2 rings (SSSR count). The molecule has 0 spiro atoms. The van der Waals surface area contributed by atoms with E-state index in [0.717, 1.165) is 10.8 Å². The number of hydrogen-bond acceptors (Lipinski definition) is 2. The van der Waals surface area contributed by atoms with Crippen LogP contribution in [0.15, 0.2) is 24.3 Å². The normalized spacial score (nSPS) is 12.0. The second-order valence-electron chi connectivity index (χ2n) is 4.95. The van der Waals surface area contributed by atoms with Gasteiger partial charge >= 0.3 is 0 Å². The summed E-state index contributed by atoms with van der Waals surface area (Å²) >= 11 is 5.82. The van der Waals surface area contributed by atoms with Crippen LogP contribution in [-0.4, -0.2) is 10.1 Å². The van der Waals surface area contributed by atoms with Gasteiger partial charge in [0.05, 0.1) is 0 Å². The van der Waals surface area contributed by atoms with E-state index in [9.17, 15) is 5.11 Å². The molecule has 0 radical (unpaired) electrons. The predicted molar refractivity (Wildman–Crippen MR) is 67.1 cm³/mol. The lowest BCUT2D eigenvalue weighted by Crippen LogP contribution is -2.10. The smallest absolute Gasteiger partial charge is 0.220 e. The van der Waals surface area contributed by atoms with Crippen LogP contribution in [0.3, 0.4) is 0 Å². The summed E-state index contributed by atoms with van der Waals surface area (Å²) in [5.41, 5.74) is 1.29. The second kappa shape index (κ2) is 3.63. The maximum absolute atomic E-state index is 9.65. The zero-order chi connectivity index (χ0) is 11.9. The molecule has 0 aliphatic rings. The van der Waals surface area contributed by atoms with Crippen LogP contribution in [0.1, 0.15) is 26.3 Å². The van der Waals surface area contributed by atoms with Crippen molar-refractivity contribution in [3.8, 4) is 5.88 Å². The number of rotatable bonds is 0. The lowest BCUT2D eigenvalue weighted by molar-refractivity contribution is 0.460. The summed E-state index contributed by atoms with van der Waals surface area (Å²) in [7, 11) is 0. The summed E-state index contributed by atoms with van der Waals surface area (Å²) < 4.78 is 0. The standard InChI is InChI=1S/C13H14ClNO/c1-13(2,3)9-4-5-10-8(6-9)7-11(14)15-12(10)16/h4-7H,1-3H3,(H,15,16). The number of halogens is 1. The Morgan fingerprint density at radius 2 is 1.88 bits per heavy atom. The van der Waals surface area contributed by atoms with Crippen LogP contribution in [-0.2, 0) is 5.41 Å². The highest BCUT2D eigenvalue weighted by Crippen LogP contribution is 2.30. The molecular weight excluding hydrogens is 222 g/mol. The molecule has 1 N–H and O–H groups in total. The summed E-state index contributed by atoms with van der Waals surface area (Å²) in [6.07, 6.45) is 0. The molecule has 2 aromatic rings. The number of aromatic hydroxyl groups is 1. The van der Waals surface area contributed by atoms with Crippen LogP contribution >= 0.6 is 11.6 Å². The highest BCUT2D eigenvalue weighted by molar-refractivity contribution is 6.30. The quantitative estimate of drug-likeness (QED) is 0.703. The number of benzene rings is 1. The van der Waals surface area contributed by atoms with Crippen molar-refractivity contribution in [2.45, 2.75) is 26.2 Å². The number of nitrogens with zero attached hydrogens (tertiary/aromatic N) is 1. The zero-order valence-electron chi connectivity index (χ0n) is 9.58. The summed E-state index contributed by atoms with van der Waals surface area (Å²) in [6.45, 7) is 6.45. The first-order valence-electron chi connectivity index (χ1n) is 5.18. The Morgan fingerprint density at radius 3 is 2.50 bits per heavy atom. The molecule has 0 atom stereocenters. The van der Waals surface area contributed by atoms with Crippen LogP contribution in [0.5, 0.6) is 5.88 Å². The summed E-state index contributed by atoms with van der Waals surface area (Å²) in [5.74, 6) is -0.0111. The Hall–Kier alpha value is -1.28. The van der Waals surface area contributed by atoms with Gasteiger partial charge in [-0.05, 0) is 28.5 Å². The maximum atomic E-state index is 9.65. The van der Waals surface area contributed by atoms with Gasteiger partial charge in [-0.1, -0.05) is 44.5 Å². The van der Waals surface area contributed by atoms with Gasteiger partial charge in [-0.25, -0.2) is 4.98 Å². The molecule has 2 nitrogen and oxygen atoms in total. The van der Waals surface area contributed by atoms with E-state index in [1.165, 1.54) is 5.56 Å². The number of fused-ring (bicyclic) bond motifs is 1. The monoisotopic (exact) mass is 235 g/mol. The van der Waals surface area contributed by atoms with Crippen molar-refractivity contribution in [1.29, 1.82) is 0 Å². The van der Waals surface area contributed by atoms with Crippen molar-refractivity contribution < 1.29 is 5.11 Å².